The van der Waals surface area contributed by atoms with Gasteiger partial charge in [-0.2, -0.15) is 0 Å². The number of nitrogens with one attached hydrogen (secondary N) is 1. The summed E-state index contributed by atoms with van der Waals surface area (Å²) in [7, 11) is 0. The van der Waals surface area contributed by atoms with Crippen molar-refractivity contribution in [2.45, 2.75) is 32.9 Å². The lowest BCUT2D eigenvalue weighted by Crippen LogP contribution is -2.43. The maximum Gasteiger partial charge on any atom is 0.322 e. The number of rotatable bonds is 4. The minimum atomic E-state index is -0.0613. The minimum absolute atomic E-state index is 0.0613. The molecule has 4 nitrogen and oxygen atoms in total. The fourth-order valence-electron chi connectivity index (χ4n) is 3.08. The number of para-hydroxylation sites is 2. The molecule has 3 rings (SSSR count). The number of amides is 2. The van der Waals surface area contributed by atoms with E-state index in [1.807, 2.05) is 54.3 Å². The molecule has 1 N–H and O–H groups in total. The molecule has 2 aromatic carbocycles. The Morgan fingerprint density at radius 1 is 1.22 bits per heavy atom. The van der Waals surface area contributed by atoms with Crippen molar-refractivity contribution in [3.05, 3.63) is 59.7 Å². The highest BCUT2D eigenvalue weighted by Gasteiger charge is 2.30. The lowest BCUT2D eigenvalue weighted by Gasteiger charge is -2.23. The molecular formula is C19H22N2O2. The minimum Gasteiger partial charge on any atom is -0.494 e. The van der Waals surface area contributed by atoms with Gasteiger partial charge in [-0.15, -0.1) is 0 Å². The smallest absolute Gasteiger partial charge is 0.322 e. The monoisotopic (exact) mass is 310 g/mol. The lowest BCUT2D eigenvalue weighted by atomic mass is 10.1. The van der Waals surface area contributed by atoms with Crippen molar-refractivity contribution in [1.82, 2.24) is 5.32 Å². The zero-order valence-electron chi connectivity index (χ0n) is 13.6. The predicted octanol–water partition coefficient (Wildman–Crippen LogP) is 3.75. The molecule has 0 saturated carbocycles. The number of benzene rings is 2. The highest BCUT2D eigenvalue weighted by molar-refractivity contribution is 5.94. The molecule has 1 aliphatic heterocycles. The van der Waals surface area contributed by atoms with Crippen molar-refractivity contribution in [2.24, 2.45) is 0 Å². The van der Waals surface area contributed by atoms with Crippen LogP contribution in [0.5, 0.6) is 5.75 Å². The van der Waals surface area contributed by atoms with Crippen molar-refractivity contribution >= 4 is 11.7 Å². The van der Waals surface area contributed by atoms with Crippen molar-refractivity contribution in [2.75, 3.05) is 11.5 Å². The van der Waals surface area contributed by atoms with Gasteiger partial charge in [0.25, 0.3) is 0 Å². The van der Waals surface area contributed by atoms with E-state index in [0.29, 0.717) is 13.2 Å². The molecule has 0 bridgehead atoms. The predicted molar refractivity (Wildman–Crippen MR) is 91.9 cm³/mol. The Morgan fingerprint density at radius 3 is 2.78 bits per heavy atom. The molecule has 120 valence electrons. The van der Waals surface area contributed by atoms with Crippen molar-refractivity contribution in [1.29, 1.82) is 0 Å². The van der Waals surface area contributed by atoms with Gasteiger partial charge in [0, 0.05) is 23.8 Å². The molecule has 1 aliphatic rings. The van der Waals surface area contributed by atoms with Crippen LogP contribution < -0.4 is 15.0 Å². The van der Waals surface area contributed by atoms with Gasteiger partial charge in [-0.3, -0.25) is 4.90 Å². The Kier molecular flexibility index (Phi) is 4.51. The molecule has 23 heavy (non-hydrogen) atoms. The van der Waals surface area contributed by atoms with Crippen LogP contribution in [0, 0.1) is 0 Å². The number of anilines is 1. The number of carbonyl (C=O) groups is 1. The average Bonchev–Trinajstić information content (AvgIpc) is 2.90. The molecule has 0 fully saturated rings. The number of ether oxygens (including phenoxy) is 1. The standard InChI is InChI=1S/C19H22N2O2/c1-3-23-18-11-7-5-9-16(18)13-20-19(22)21-14(2)12-15-8-4-6-10-17(15)21/h4-11,14H,3,12-13H2,1-2H3,(H,20,22). The third-order valence-electron chi connectivity index (χ3n) is 4.13. The number of carbonyl (C=O) groups excluding carboxylic acids is 1. The summed E-state index contributed by atoms with van der Waals surface area (Å²) < 4.78 is 5.61. The van der Waals surface area contributed by atoms with Crippen LogP contribution in [0.2, 0.25) is 0 Å². The van der Waals surface area contributed by atoms with Crippen LogP contribution in [0.15, 0.2) is 48.5 Å². The largest absolute Gasteiger partial charge is 0.494 e. The van der Waals surface area contributed by atoms with Gasteiger partial charge in [0.15, 0.2) is 0 Å². The molecule has 4 heteroatoms. The highest BCUT2D eigenvalue weighted by Crippen LogP contribution is 2.31. The Labute approximate surface area is 137 Å². The van der Waals surface area contributed by atoms with E-state index in [-0.39, 0.29) is 12.1 Å². The van der Waals surface area contributed by atoms with Crippen molar-refractivity contribution in [3.63, 3.8) is 0 Å². The summed E-state index contributed by atoms with van der Waals surface area (Å²) in [5, 5.41) is 3.02. The summed E-state index contributed by atoms with van der Waals surface area (Å²) >= 11 is 0. The lowest BCUT2D eigenvalue weighted by molar-refractivity contribution is 0.244. The van der Waals surface area contributed by atoms with E-state index in [1.165, 1.54) is 5.56 Å². The van der Waals surface area contributed by atoms with Gasteiger partial charge < -0.3 is 10.1 Å². The Balaban J connectivity index is 1.71. The van der Waals surface area contributed by atoms with Gasteiger partial charge in [-0.25, -0.2) is 4.79 Å². The Bertz CT molecular complexity index is 699. The fraction of sp³-hybridized carbons (Fsp3) is 0.316. The summed E-state index contributed by atoms with van der Waals surface area (Å²) in [6, 6.07) is 16.0. The fourth-order valence-corrected chi connectivity index (χ4v) is 3.08. The van der Waals surface area contributed by atoms with Crippen LogP contribution in [-0.2, 0) is 13.0 Å². The molecule has 0 aliphatic carbocycles. The maximum atomic E-state index is 12.6. The van der Waals surface area contributed by atoms with Crippen LogP contribution in [-0.4, -0.2) is 18.7 Å². The molecule has 0 aromatic heterocycles. The third kappa shape index (κ3) is 3.16. The van der Waals surface area contributed by atoms with E-state index < -0.39 is 0 Å². The first-order valence-electron chi connectivity index (χ1n) is 8.06. The molecule has 0 saturated heterocycles. The van der Waals surface area contributed by atoms with E-state index >= 15 is 0 Å². The summed E-state index contributed by atoms with van der Waals surface area (Å²) in [5.74, 6) is 0.824. The van der Waals surface area contributed by atoms with E-state index in [2.05, 4.69) is 18.3 Å². The quantitative estimate of drug-likeness (QED) is 0.934. The summed E-state index contributed by atoms with van der Waals surface area (Å²) in [6.45, 7) is 5.10. The first-order chi connectivity index (χ1) is 11.2. The number of hydrogen-bond acceptors (Lipinski definition) is 2. The van der Waals surface area contributed by atoms with Crippen molar-refractivity contribution < 1.29 is 9.53 Å². The number of hydrogen-bond donors (Lipinski definition) is 1. The van der Waals surface area contributed by atoms with Gasteiger partial charge in [-0.05, 0) is 38.0 Å². The molecule has 1 heterocycles. The SMILES string of the molecule is CCOc1ccccc1CNC(=O)N1c2ccccc2CC1C. The molecular weight excluding hydrogens is 288 g/mol. The molecule has 0 radical (unpaired) electrons. The molecule has 0 spiro atoms. The van der Waals surface area contributed by atoms with E-state index in [1.54, 1.807) is 0 Å². The zero-order chi connectivity index (χ0) is 16.2. The summed E-state index contributed by atoms with van der Waals surface area (Å²) in [5.41, 5.74) is 3.23. The summed E-state index contributed by atoms with van der Waals surface area (Å²) in [6.07, 6.45) is 0.902. The topological polar surface area (TPSA) is 41.6 Å². The van der Waals surface area contributed by atoms with Crippen LogP contribution in [0.1, 0.15) is 25.0 Å². The third-order valence-corrected chi connectivity index (χ3v) is 4.13. The Morgan fingerprint density at radius 2 is 1.96 bits per heavy atom. The first-order valence-corrected chi connectivity index (χ1v) is 8.06. The van der Waals surface area contributed by atoms with Crippen LogP contribution in [0.25, 0.3) is 0 Å². The second-order valence-corrected chi connectivity index (χ2v) is 5.75. The highest BCUT2D eigenvalue weighted by atomic mass is 16.5. The van der Waals surface area contributed by atoms with Crippen LogP contribution >= 0.6 is 0 Å². The van der Waals surface area contributed by atoms with Gasteiger partial charge in [-0.1, -0.05) is 36.4 Å². The van der Waals surface area contributed by atoms with E-state index in [9.17, 15) is 4.79 Å². The van der Waals surface area contributed by atoms with E-state index in [0.717, 1.165) is 23.4 Å². The molecule has 1 unspecified atom stereocenters. The first kappa shape index (κ1) is 15.4. The van der Waals surface area contributed by atoms with Crippen LogP contribution in [0.4, 0.5) is 10.5 Å². The van der Waals surface area contributed by atoms with Gasteiger partial charge in [0.05, 0.1) is 6.61 Å². The molecule has 2 amide bonds. The van der Waals surface area contributed by atoms with Gasteiger partial charge in [0.1, 0.15) is 5.75 Å². The normalized spacial score (nSPS) is 16.1. The maximum absolute atomic E-state index is 12.6. The summed E-state index contributed by atoms with van der Waals surface area (Å²) in [4.78, 5) is 14.5. The van der Waals surface area contributed by atoms with Crippen molar-refractivity contribution in [3.8, 4) is 5.75 Å². The van der Waals surface area contributed by atoms with Crippen LogP contribution in [0.3, 0.4) is 0 Å². The molecule has 1 atom stereocenters. The van der Waals surface area contributed by atoms with Gasteiger partial charge >= 0.3 is 6.03 Å². The molecule has 2 aromatic rings. The number of urea groups is 1. The second-order valence-electron chi connectivity index (χ2n) is 5.75. The Hall–Kier alpha value is -2.49. The average molecular weight is 310 g/mol. The van der Waals surface area contributed by atoms with E-state index in [4.69, 9.17) is 4.74 Å². The van der Waals surface area contributed by atoms with Gasteiger partial charge in [0.2, 0.25) is 0 Å². The number of fused-ring (bicyclic) bond motifs is 1. The number of nitrogens with zero attached hydrogens (tertiary/aromatic N) is 1. The second kappa shape index (κ2) is 6.73. The zero-order valence-corrected chi connectivity index (χ0v) is 13.6.